The Balaban J connectivity index is 1.83. The fourth-order valence-electron chi connectivity index (χ4n) is 5.53. The number of hydrogen-bond acceptors (Lipinski definition) is 2. The first-order valence-corrected chi connectivity index (χ1v) is 11.3. The minimum absolute atomic E-state index is 0.370. The highest BCUT2D eigenvalue weighted by atomic mass is 32.2. The molecule has 170 valence electrons. The van der Waals surface area contributed by atoms with Gasteiger partial charge in [-0.25, -0.2) is 0 Å². The van der Waals surface area contributed by atoms with Crippen molar-refractivity contribution >= 4 is 17.4 Å². The third-order valence-electron chi connectivity index (χ3n) is 7.16. The Kier molecular flexibility index (Phi) is 4.56. The number of allylic oxidation sites excluding steroid dienone is 1. The lowest BCUT2D eigenvalue weighted by molar-refractivity contribution is -0.266. The van der Waals surface area contributed by atoms with Gasteiger partial charge in [-0.15, -0.1) is 11.8 Å². The lowest BCUT2D eigenvalue weighted by Crippen LogP contribution is -2.50. The quantitative estimate of drug-likeness (QED) is 0.341. The monoisotopic (exact) mass is 469 g/mol. The molecule has 4 unspecified atom stereocenters. The molecule has 0 radical (unpaired) electrons. The van der Waals surface area contributed by atoms with Crippen LogP contribution < -0.4 is 4.90 Å². The fraction of sp³-hybridized carbons (Fsp3) is 0.417. The summed E-state index contributed by atoms with van der Waals surface area (Å²) in [5.74, 6) is -18.0. The maximum absolute atomic E-state index is 15.4. The Morgan fingerprint density at radius 2 is 1.28 bits per heavy atom. The highest BCUT2D eigenvalue weighted by molar-refractivity contribution is 8.00. The molecule has 2 aliphatic heterocycles. The maximum atomic E-state index is 15.4. The van der Waals surface area contributed by atoms with E-state index in [0.29, 0.717) is 21.7 Å². The summed E-state index contributed by atoms with van der Waals surface area (Å²) in [5.41, 5.74) is -0.876. The molecule has 0 bridgehead atoms. The van der Waals surface area contributed by atoms with Crippen molar-refractivity contribution in [2.75, 3.05) is 11.9 Å². The number of benzene rings is 2. The van der Waals surface area contributed by atoms with E-state index in [0.717, 1.165) is 0 Å². The van der Waals surface area contributed by atoms with Gasteiger partial charge in [0.15, 0.2) is 0 Å². The molecule has 8 heteroatoms. The van der Waals surface area contributed by atoms with Crippen LogP contribution in [0.4, 0.5) is 32.0 Å². The molecule has 3 aliphatic rings. The van der Waals surface area contributed by atoms with E-state index in [9.17, 15) is 8.78 Å². The summed E-state index contributed by atoms with van der Waals surface area (Å²) in [6.45, 7) is 3.24. The van der Waals surface area contributed by atoms with E-state index in [2.05, 4.69) is 0 Å². The first kappa shape index (κ1) is 21.7. The number of halogens is 6. The summed E-state index contributed by atoms with van der Waals surface area (Å²) in [6, 6.07) is 12.5. The van der Waals surface area contributed by atoms with Crippen LogP contribution in [0.25, 0.3) is 0 Å². The Hall–Kier alpha value is -2.09. The first-order valence-electron chi connectivity index (χ1n) is 10.4. The predicted octanol–water partition coefficient (Wildman–Crippen LogP) is 7.10. The molecular weight excluding hydrogens is 448 g/mol. The van der Waals surface area contributed by atoms with Crippen LogP contribution in [0.1, 0.15) is 36.8 Å². The zero-order valence-corrected chi connectivity index (χ0v) is 18.4. The van der Waals surface area contributed by atoms with Gasteiger partial charge in [0, 0.05) is 51.9 Å². The molecule has 32 heavy (non-hydrogen) atoms. The van der Waals surface area contributed by atoms with Crippen LogP contribution in [0.15, 0.2) is 64.6 Å². The summed E-state index contributed by atoms with van der Waals surface area (Å²) in [6.07, 6.45) is 0. The molecule has 4 atom stereocenters. The average Bonchev–Trinajstić information content (AvgIpc) is 3.22. The minimum Gasteiger partial charge on any atom is -0.371 e. The van der Waals surface area contributed by atoms with Crippen LogP contribution in [-0.2, 0) is 0 Å². The van der Waals surface area contributed by atoms with Crippen molar-refractivity contribution in [2.45, 2.75) is 59.6 Å². The number of fused-ring (bicyclic) bond motifs is 2. The van der Waals surface area contributed by atoms with E-state index < -0.39 is 52.0 Å². The van der Waals surface area contributed by atoms with Gasteiger partial charge in [-0.1, -0.05) is 43.3 Å². The number of hydrogen-bond donors (Lipinski definition) is 0. The van der Waals surface area contributed by atoms with Crippen LogP contribution in [0, 0.1) is 0 Å². The van der Waals surface area contributed by atoms with Crippen LogP contribution in [-0.4, -0.2) is 36.1 Å². The van der Waals surface area contributed by atoms with E-state index in [-0.39, 0.29) is 0 Å². The Bertz CT molecular complexity index is 1130. The van der Waals surface area contributed by atoms with Crippen LogP contribution in [0.3, 0.4) is 0 Å². The van der Waals surface area contributed by atoms with Gasteiger partial charge in [0.25, 0.3) is 0 Å². The first-order chi connectivity index (χ1) is 14.9. The second kappa shape index (κ2) is 6.72. The highest BCUT2D eigenvalue weighted by Crippen LogP contribution is 2.68. The smallest absolute Gasteiger partial charge is 0.371 e. The van der Waals surface area contributed by atoms with Gasteiger partial charge in [-0.2, -0.15) is 26.3 Å². The number of para-hydroxylation sites is 1. The van der Waals surface area contributed by atoms with Crippen molar-refractivity contribution in [3.05, 3.63) is 70.8 Å². The molecule has 1 nitrogen and oxygen atoms in total. The van der Waals surface area contributed by atoms with Gasteiger partial charge in [0.1, 0.15) is 0 Å². The molecule has 2 heterocycles. The molecule has 5 rings (SSSR count). The van der Waals surface area contributed by atoms with Crippen LogP contribution >= 0.6 is 11.8 Å². The molecule has 2 aromatic rings. The summed E-state index contributed by atoms with van der Waals surface area (Å²) >= 11 is 1.25. The highest BCUT2D eigenvalue weighted by Gasteiger charge is 2.82. The standard InChI is InChI=1S/C24H21F6NS/c1-12-18(14-8-4-6-10-16(14)31(12)3)20-21(23(27,28)24(29,30)22(20,25)26)19-13(2)32-17-11-7-5-9-15(17)19/h4-13,18-19H,1-3H3. The summed E-state index contributed by atoms with van der Waals surface area (Å²) in [7, 11) is 1.66. The summed E-state index contributed by atoms with van der Waals surface area (Å²) < 4.78 is 91.3. The molecule has 2 aromatic carbocycles. The van der Waals surface area contributed by atoms with Crippen LogP contribution in [0.2, 0.25) is 0 Å². The predicted molar refractivity (Wildman–Crippen MR) is 113 cm³/mol. The second-order valence-electron chi connectivity index (χ2n) is 8.78. The summed E-state index contributed by atoms with van der Waals surface area (Å²) in [5, 5.41) is -0.586. The van der Waals surface area contributed by atoms with E-state index in [4.69, 9.17) is 0 Å². The third kappa shape index (κ3) is 2.50. The van der Waals surface area contributed by atoms with Gasteiger partial charge < -0.3 is 4.90 Å². The number of likely N-dealkylation sites (N-methyl/N-ethyl adjacent to an activating group) is 1. The normalized spacial score (nSPS) is 31.7. The van der Waals surface area contributed by atoms with Gasteiger partial charge >= 0.3 is 17.8 Å². The number of anilines is 1. The van der Waals surface area contributed by atoms with Gasteiger partial charge in [0.2, 0.25) is 0 Å². The minimum atomic E-state index is -5.51. The SMILES string of the molecule is CC1Sc2ccccc2C1C1=C(C2c3ccccc3N(C)C2C)C(F)(F)C(F)(F)C1(F)F. The van der Waals surface area contributed by atoms with Crippen molar-refractivity contribution in [2.24, 2.45) is 0 Å². The zero-order valence-electron chi connectivity index (χ0n) is 17.6. The molecule has 0 aromatic heterocycles. The number of nitrogens with zero attached hydrogens (tertiary/aromatic N) is 1. The number of rotatable bonds is 2. The molecule has 0 fully saturated rings. The molecule has 0 N–H and O–H groups in total. The average molecular weight is 469 g/mol. The Labute approximate surface area is 186 Å². The fourth-order valence-corrected chi connectivity index (χ4v) is 6.83. The largest absolute Gasteiger partial charge is 0.380 e. The van der Waals surface area contributed by atoms with E-state index in [1.165, 1.54) is 11.8 Å². The topological polar surface area (TPSA) is 3.24 Å². The maximum Gasteiger partial charge on any atom is 0.380 e. The summed E-state index contributed by atoms with van der Waals surface area (Å²) in [4.78, 5) is 2.35. The Morgan fingerprint density at radius 1 is 0.750 bits per heavy atom. The molecule has 0 saturated carbocycles. The molecule has 1 aliphatic carbocycles. The van der Waals surface area contributed by atoms with Crippen molar-refractivity contribution in [1.82, 2.24) is 0 Å². The zero-order chi connectivity index (χ0) is 23.2. The van der Waals surface area contributed by atoms with Crippen molar-refractivity contribution in [3.63, 3.8) is 0 Å². The van der Waals surface area contributed by atoms with E-state index >= 15 is 17.6 Å². The molecule has 0 amide bonds. The van der Waals surface area contributed by atoms with Crippen molar-refractivity contribution < 1.29 is 26.3 Å². The van der Waals surface area contributed by atoms with E-state index in [1.807, 2.05) is 0 Å². The molecular formula is C24H21F6NS. The second-order valence-corrected chi connectivity index (χ2v) is 10.2. The van der Waals surface area contributed by atoms with Gasteiger partial charge in [-0.3, -0.25) is 0 Å². The molecule has 0 saturated heterocycles. The number of thioether (sulfide) groups is 1. The lowest BCUT2D eigenvalue weighted by atomic mass is 9.79. The van der Waals surface area contributed by atoms with Crippen molar-refractivity contribution in [1.29, 1.82) is 0 Å². The lowest BCUT2D eigenvalue weighted by Gasteiger charge is -2.29. The van der Waals surface area contributed by atoms with Gasteiger partial charge in [-0.05, 0) is 30.2 Å². The third-order valence-corrected chi connectivity index (χ3v) is 8.43. The van der Waals surface area contributed by atoms with E-state index in [1.54, 1.807) is 74.3 Å². The van der Waals surface area contributed by atoms with Gasteiger partial charge in [0.05, 0.1) is 0 Å². The number of alkyl halides is 6. The van der Waals surface area contributed by atoms with Crippen LogP contribution in [0.5, 0.6) is 0 Å². The molecule has 0 spiro atoms. The Morgan fingerprint density at radius 3 is 1.94 bits per heavy atom. The van der Waals surface area contributed by atoms with Crippen molar-refractivity contribution in [3.8, 4) is 0 Å².